The van der Waals surface area contributed by atoms with E-state index in [1.807, 2.05) is 24.3 Å². The predicted molar refractivity (Wildman–Crippen MR) is 76.0 cm³/mol. The third-order valence-electron chi connectivity index (χ3n) is 3.75. The Labute approximate surface area is 117 Å². The first-order valence-electron chi connectivity index (χ1n) is 6.80. The van der Waals surface area contributed by atoms with Crippen LogP contribution in [0, 0.1) is 5.82 Å². The first-order valence-corrected chi connectivity index (χ1v) is 6.80. The summed E-state index contributed by atoms with van der Waals surface area (Å²) in [7, 11) is 0. The van der Waals surface area contributed by atoms with Crippen LogP contribution in [0.1, 0.15) is 22.6 Å². The molecule has 2 nitrogen and oxygen atoms in total. The molecule has 1 atom stereocenters. The second-order valence-electron chi connectivity index (χ2n) is 5.16. The molecule has 3 rings (SSSR count). The average Bonchev–Trinajstić information content (AvgIpc) is 2.46. The number of hydrogen-bond acceptors (Lipinski definition) is 2. The summed E-state index contributed by atoms with van der Waals surface area (Å²) in [6, 6.07) is 14.3. The summed E-state index contributed by atoms with van der Waals surface area (Å²) in [6.07, 6.45) is 0.276. The molecule has 20 heavy (non-hydrogen) atoms. The molecule has 0 bridgehead atoms. The van der Waals surface area contributed by atoms with Gasteiger partial charge < -0.3 is 5.32 Å². The van der Waals surface area contributed by atoms with E-state index in [0.29, 0.717) is 6.54 Å². The second-order valence-corrected chi connectivity index (χ2v) is 5.16. The van der Waals surface area contributed by atoms with Gasteiger partial charge in [0.1, 0.15) is 11.6 Å². The van der Waals surface area contributed by atoms with Crippen LogP contribution >= 0.6 is 0 Å². The number of nitrogens with one attached hydrogen (secondary N) is 1. The van der Waals surface area contributed by atoms with Crippen molar-refractivity contribution < 1.29 is 9.18 Å². The molecule has 2 aromatic carbocycles. The van der Waals surface area contributed by atoms with Gasteiger partial charge in [0.15, 0.2) is 0 Å². The van der Waals surface area contributed by atoms with Crippen LogP contribution in [0.4, 0.5) is 4.39 Å². The topological polar surface area (TPSA) is 29.1 Å². The lowest BCUT2D eigenvalue weighted by Gasteiger charge is -2.25. The Morgan fingerprint density at radius 2 is 2.05 bits per heavy atom. The van der Waals surface area contributed by atoms with E-state index in [1.54, 1.807) is 12.1 Å². The van der Waals surface area contributed by atoms with E-state index in [4.69, 9.17) is 0 Å². The molecule has 1 aliphatic rings. The zero-order chi connectivity index (χ0) is 13.9. The summed E-state index contributed by atoms with van der Waals surface area (Å²) in [4.78, 5) is 12.5. The minimum Gasteiger partial charge on any atom is -0.312 e. The smallest absolute Gasteiger partial charge is 0.145 e. The Kier molecular flexibility index (Phi) is 3.61. The van der Waals surface area contributed by atoms with Crippen molar-refractivity contribution in [3.63, 3.8) is 0 Å². The molecule has 0 radical (unpaired) electrons. The highest BCUT2D eigenvalue weighted by molar-refractivity contribution is 5.88. The molecule has 0 fully saturated rings. The monoisotopic (exact) mass is 269 g/mol. The van der Waals surface area contributed by atoms with Crippen LogP contribution in [0.3, 0.4) is 0 Å². The molecular formula is C17H16FNO. The molecule has 2 aromatic rings. The zero-order valence-electron chi connectivity index (χ0n) is 11.1. The number of carbonyl (C=O) groups excluding carboxylic acids is 1. The summed E-state index contributed by atoms with van der Waals surface area (Å²) in [6.45, 7) is 1.46. The van der Waals surface area contributed by atoms with E-state index in [1.165, 1.54) is 17.7 Å². The van der Waals surface area contributed by atoms with E-state index in [0.717, 1.165) is 17.7 Å². The normalized spacial score (nSPS) is 17.6. The third-order valence-corrected chi connectivity index (χ3v) is 3.75. The van der Waals surface area contributed by atoms with Crippen LogP contribution in [-0.4, -0.2) is 12.3 Å². The Bertz CT molecular complexity index is 638. The summed E-state index contributed by atoms with van der Waals surface area (Å²) < 4.78 is 13.2. The number of rotatable bonds is 3. The van der Waals surface area contributed by atoms with Gasteiger partial charge in [0.05, 0.1) is 5.92 Å². The van der Waals surface area contributed by atoms with Crippen molar-refractivity contribution in [1.29, 1.82) is 0 Å². The summed E-state index contributed by atoms with van der Waals surface area (Å²) in [5, 5.41) is 3.27. The molecule has 0 spiro atoms. The lowest BCUT2D eigenvalue weighted by atomic mass is 9.85. The molecule has 1 heterocycles. The maximum absolute atomic E-state index is 13.2. The fraction of sp³-hybridized carbons (Fsp3) is 0.235. The van der Waals surface area contributed by atoms with Gasteiger partial charge in [-0.3, -0.25) is 4.79 Å². The summed E-state index contributed by atoms with van der Waals surface area (Å²) in [5.41, 5.74) is 3.02. The minimum atomic E-state index is -0.294. The average molecular weight is 269 g/mol. The number of carbonyl (C=O) groups is 1. The van der Waals surface area contributed by atoms with Gasteiger partial charge in [-0.2, -0.15) is 0 Å². The molecule has 0 saturated carbocycles. The standard InChI is InChI=1S/C17H16FNO/c18-14-6-3-4-12(8-14)9-17(20)16-11-19-10-13-5-1-2-7-15(13)16/h1-8,16,19H,9-11H2. The Hall–Kier alpha value is -2.00. The first kappa shape index (κ1) is 13.0. The van der Waals surface area contributed by atoms with Gasteiger partial charge in [-0.15, -0.1) is 0 Å². The van der Waals surface area contributed by atoms with Crippen molar-refractivity contribution in [2.24, 2.45) is 0 Å². The van der Waals surface area contributed by atoms with Gasteiger partial charge in [0.25, 0.3) is 0 Å². The van der Waals surface area contributed by atoms with E-state index < -0.39 is 0 Å². The van der Waals surface area contributed by atoms with E-state index >= 15 is 0 Å². The Balaban J connectivity index is 1.82. The van der Waals surface area contributed by atoms with Gasteiger partial charge in [-0.1, -0.05) is 36.4 Å². The number of hydrogen-bond donors (Lipinski definition) is 1. The largest absolute Gasteiger partial charge is 0.312 e. The van der Waals surface area contributed by atoms with Crippen LogP contribution in [0.25, 0.3) is 0 Å². The molecular weight excluding hydrogens is 253 g/mol. The molecule has 0 saturated heterocycles. The van der Waals surface area contributed by atoms with Crippen LogP contribution in [0.15, 0.2) is 48.5 Å². The SMILES string of the molecule is O=C(Cc1cccc(F)c1)C1CNCc2ccccc21. The van der Waals surface area contributed by atoms with Crippen molar-refractivity contribution in [3.05, 3.63) is 71.0 Å². The van der Waals surface area contributed by atoms with E-state index in [2.05, 4.69) is 5.32 Å². The van der Waals surface area contributed by atoms with Crippen LogP contribution in [-0.2, 0) is 17.8 Å². The lowest BCUT2D eigenvalue weighted by molar-refractivity contribution is -0.119. The van der Waals surface area contributed by atoms with Gasteiger partial charge in [0, 0.05) is 19.5 Å². The fourth-order valence-electron chi connectivity index (χ4n) is 2.75. The van der Waals surface area contributed by atoms with E-state index in [9.17, 15) is 9.18 Å². The molecule has 102 valence electrons. The number of ketones is 1. The van der Waals surface area contributed by atoms with Crippen LogP contribution in [0.5, 0.6) is 0 Å². The van der Waals surface area contributed by atoms with E-state index in [-0.39, 0.29) is 23.9 Å². The highest BCUT2D eigenvalue weighted by atomic mass is 19.1. The molecule has 0 aromatic heterocycles. The minimum absolute atomic E-state index is 0.134. The maximum atomic E-state index is 13.2. The first-order chi connectivity index (χ1) is 9.74. The highest BCUT2D eigenvalue weighted by Crippen LogP contribution is 2.25. The molecule has 0 amide bonds. The zero-order valence-corrected chi connectivity index (χ0v) is 11.1. The van der Waals surface area contributed by atoms with Crippen molar-refractivity contribution in [1.82, 2.24) is 5.32 Å². The van der Waals surface area contributed by atoms with Gasteiger partial charge >= 0.3 is 0 Å². The number of fused-ring (bicyclic) bond motifs is 1. The number of halogens is 1. The number of Topliss-reactive ketones (excluding diaryl/α,β-unsaturated/α-hetero) is 1. The number of benzene rings is 2. The quantitative estimate of drug-likeness (QED) is 0.928. The maximum Gasteiger partial charge on any atom is 0.145 e. The van der Waals surface area contributed by atoms with Crippen molar-refractivity contribution >= 4 is 5.78 Å². The van der Waals surface area contributed by atoms with Crippen LogP contribution < -0.4 is 5.32 Å². The lowest BCUT2D eigenvalue weighted by Crippen LogP contribution is -2.33. The molecule has 1 unspecified atom stereocenters. The second kappa shape index (κ2) is 5.55. The highest BCUT2D eigenvalue weighted by Gasteiger charge is 2.25. The molecule has 0 aliphatic carbocycles. The van der Waals surface area contributed by atoms with Gasteiger partial charge in [0.2, 0.25) is 0 Å². The molecule has 3 heteroatoms. The van der Waals surface area contributed by atoms with Crippen molar-refractivity contribution in [2.75, 3.05) is 6.54 Å². The van der Waals surface area contributed by atoms with Crippen molar-refractivity contribution in [2.45, 2.75) is 18.9 Å². The van der Waals surface area contributed by atoms with Crippen molar-refractivity contribution in [3.8, 4) is 0 Å². The predicted octanol–water partition coefficient (Wildman–Crippen LogP) is 2.82. The van der Waals surface area contributed by atoms with Gasteiger partial charge in [-0.25, -0.2) is 4.39 Å². The third kappa shape index (κ3) is 2.63. The molecule has 1 aliphatic heterocycles. The molecule has 1 N–H and O–H groups in total. The fourth-order valence-corrected chi connectivity index (χ4v) is 2.75. The Morgan fingerprint density at radius 1 is 1.20 bits per heavy atom. The summed E-state index contributed by atoms with van der Waals surface area (Å²) >= 11 is 0. The Morgan fingerprint density at radius 3 is 2.90 bits per heavy atom. The summed E-state index contributed by atoms with van der Waals surface area (Å²) in [5.74, 6) is -0.295. The van der Waals surface area contributed by atoms with Crippen LogP contribution in [0.2, 0.25) is 0 Å². The van der Waals surface area contributed by atoms with Gasteiger partial charge in [-0.05, 0) is 28.8 Å².